The summed E-state index contributed by atoms with van der Waals surface area (Å²) in [5, 5.41) is 4.93. The van der Waals surface area contributed by atoms with Crippen molar-refractivity contribution in [2.45, 2.75) is 33.1 Å². The van der Waals surface area contributed by atoms with Crippen molar-refractivity contribution in [1.82, 2.24) is 0 Å². The number of anilines is 6. The molecule has 2 heteroatoms. The van der Waals surface area contributed by atoms with Crippen molar-refractivity contribution in [3.05, 3.63) is 251 Å². The van der Waals surface area contributed by atoms with Crippen LogP contribution in [0.3, 0.4) is 0 Å². The fourth-order valence-corrected chi connectivity index (χ4v) is 10.9. The predicted molar refractivity (Wildman–Crippen MR) is 266 cm³/mol. The number of hydrogen-bond acceptors (Lipinski definition) is 2. The zero-order valence-electron chi connectivity index (χ0n) is 36.0. The van der Waals surface area contributed by atoms with Gasteiger partial charge in [-0.15, -0.1) is 0 Å². The van der Waals surface area contributed by atoms with Gasteiger partial charge >= 0.3 is 0 Å². The maximum Gasteiger partial charge on any atom is 0.0726 e. The maximum atomic E-state index is 2.55. The number of para-hydroxylation sites is 2. The van der Waals surface area contributed by atoms with Crippen LogP contribution >= 0.6 is 0 Å². The van der Waals surface area contributed by atoms with Gasteiger partial charge in [-0.25, -0.2) is 0 Å². The van der Waals surface area contributed by atoms with E-state index < -0.39 is 5.41 Å². The first-order valence-electron chi connectivity index (χ1n) is 22.1. The van der Waals surface area contributed by atoms with Crippen molar-refractivity contribution < 1.29 is 0 Å². The van der Waals surface area contributed by atoms with E-state index in [-0.39, 0.29) is 0 Å². The standard InChI is InChI=1S/C61H46N2/c1-39-27-29-41(3)57(33-39)62(45-17-7-5-8-18-45)47-32-31-43-36-52-55(37-44(43)35-47)61(53-25-15-13-21-48(53)49-22-14-16-26-54(49)61)56-38-59(50-23-11-12-24-51(50)60(52)56)63(46-19-9-6-10-20-46)58-34-40(2)28-30-42(58)4/h5-38H,1-4H3. The van der Waals surface area contributed by atoms with E-state index in [1.54, 1.807) is 0 Å². The fourth-order valence-electron chi connectivity index (χ4n) is 10.9. The number of hydrogen-bond donors (Lipinski definition) is 0. The first kappa shape index (κ1) is 37.1. The average Bonchev–Trinajstić information content (AvgIpc) is 3.78. The molecule has 0 radical (unpaired) electrons. The number of aryl methyl sites for hydroxylation is 4. The Morgan fingerprint density at radius 2 is 0.857 bits per heavy atom. The highest BCUT2D eigenvalue weighted by Gasteiger charge is 2.52. The van der Waals surface area contributed by atoms with Crippen LogP contribution in [-0.2, 0) is 5.41 Å². The Labute approximate surface area is 370 Å². The van der Waals surface area contributed by atoms with Crippen LogP contribution in [0.1, 0.15) is 44.5 Å². The Hall–Kier alpha value is -7.68. The van der Waals surface area contributed by atoms with Gasteiger partial charge in [-0.1, -0.05) is 140 Å². The SMILES string of the molecule is Cc1ccc(C)c(N(c2ccccc2)c2ccc3cc4c(cc3c2)C2(c3ccccc3-c3ccccc32)c2cc(N(c3ccccc3)c3cc(C)ccc3C)c3ccccc3c2-4)c1. The summed E-state index contributed by atoms with van der Waals surface area (Å²) in [4.78, 5) is 4.92. The Kier molecular flexibility index (Phi) is 8.36. The molecule has 10 aromatic carbocycles. The molecule has 0 unspecified atom stereocenters. The molecule has 0 aliphatic heterocycles. The molecule has 2 aliphatic rings. The first-order valence-corrected chi connectivity index (χ1v) is 22.1. The highest BCUT2D eigenvalue weighted by atomic mass is 15.2. The molecule has 1 spiro atoms. The van der Waals surface area contributed by atoms with Crippen LogP contribution in [0.15, 0.2) is 206 Å². The molecule has 0 saturated carbocycles. The highest BCUT2D eigenvalue weighted by Crippen LogP contribution is 2.65. The van der Waals surface area contributed by atoms with Crippen molar-refractivity contribution in [2.75, 3.05) is 9.80 Å². The summed E-state index contributed by atoms with van der Waals surface area (Å²) in [7, 11) is 0. The minimum absolute atomic E-state index is 0.558. The minimum Gasteiger partial charge on any atom is -0.310 e. The molecule has 0 heterocycles. The third-order valence-electron chi connectivity index (χ3n) is 13.8. The third-order valence-corrected chi connectivity index (χ3v) is 13.8. The van der Waals surface area contributed by atoms with Crippen molar-refractivity contribution in [1.29, 1.82) is 0 Å². The van der Waals surface area contributed by atoms with Crippen molar-refractivity contribution in [3.8, 4) is 22.3 Å². The van der Waals surface area contributed by atoms with Gasteiger partial charge in [0.25, 0.3) is 0 Å². The summed E-state index contributed by atoms with van der Waals surface area (Å²) < 4.78 is 0. The van der Waals surface area contributed by atoms with Crippen molar-refractivity contribution in [2.24, 2.45) is 0 Å². The lowest BCUT2D eigenvalue weighted by molar-refractivity contribution is 0.795. The van der Waals surface area contributed by atoms with Gasteiger partial charge < -0.3 is 9.80 Å². The molecule has 0 fully saturated rings. The molecule has 0 atom stereocenters. The summed E-state index contributed by atoms with van der Waals surface area (Å²) >= 11 is 0. The van der Waals surface area contributed by atoms with E-state index >= 15 is 0 Å². The molecule has 12 rings (SSSR count). The first-order chi connectivity index (χ1) is 30.9. The van der Waals surface area contributed by atoms with Crippen LogP contribution < -0.4 is 9.80 Å². The highest BCUT2D eigenvalue weighted by molar-refractivity contribution is 6.13. The van der Waals surface area contributed by atoms with Crippen LogP contribution in [0.5, 0.6) is 0 Å². The molecular formula is C61H46N2. The van der Waals surface area contributed by atoms with Gasteiger partial charge in [-0.3, -0.25) is 0 Å². The Morgan fingerprint density at radius 1 is 0.317 bits per heavy atom. The molecule has 0 bridgehead atoms. The normalized spacial score (nSPS) is 12.9. The molecular weight excluding hydrogens is 761 g/mol. The summed E-state index contributed by atoms with van der Waals surface area (Å²) in [6.45, 7) is 8.83. The lowest BCUT2D eigenvalue weighted by atomic mass is 9.70. The molecule has 0 aromatic heterocycles. The zero-order valence-corrected chi connectivity index (χ0v) is 36.0. The Morgan fingerprint density at radius 3 is 1.49 bits per heavy atom. The topological polar surface area (TPSA) is 6.48 Å². The van der Waals surface area contributed by atoms with Crippen molar-refractivity contribution >= 4 is 55.7 Å². The molecule has 10 aromatic rings. The third kappa shape index (κ3) is 5.51. The van der Waals surface area contributed by atoms with E-state index in [9.17, 15) is 0 Å². The molecule has 63 heavy (non-hydrogen) atoms. The second kappa shape index (κ2) is 14.2. The van der Waals surface area contributed by atoms with Gasteiger partial charge in [0.2, 0.25) is 0 Å². The molecule has 0 amide bonds. The second-order valence-corrected chi connectivity index (χ2v) is 17.6. The smallest absolute Gasteiger partial charge is 0.0726 e. The van der Waals surface area contributed by atoms with Gasteiger partial charge in [0, 0.05) is 33.8 Å². The van der Waals surface area contributed by atoms with Crippen LogP contribution in [0.25, 0.3) is 43.8 Å². The van der Waals surface area contributed by atoms with Crippen LogP contribution in [0, 0.1) is 27.7 Å². The van der Waals surface area contributed by atoms with E-state index in [1.165, 1.54) is 105 Å². The Bertz CT molecular complexity index is 3410. The average molecular weight is 807 g/mol. The van der Waals surface area contributed by atoms with E-state index in [2.05, 4.69) is 244 Å². The second-order valence-electron chi connectivity index (χ2n) is 17.6. The quantitative estimate of drug-likeness (QED) is 0.165. The lowest BCUT2D eigenvalue weighted by Gasteiger charge is -2.33. The van der Waals surface area contributed by atoms with Crippen LogP contribution in [-0.4, -0.2) is 0 Å². The van der Waals surface area contributed by atoms with E-state index in [0.717, 1.165) is 17.1 Å². The van der Waals surface area contributed by atoms with Gasteiger partial charge in [0.15, 0.2) is 0 Å². The molecule has 0 saturated heterocycles. The summed E-state index contributed by atoms with van der Waals surface area (Å²) in [6, 6.07) is 77.3. The molecule has 2 nitrogen and oxygen atoms in total. The maximum absolute atomic E-state index is 2.55. The largest absolute Gasteiger partial charge is 0.310 e. The van der Waals surface area contributed by atoms with Gasteiger partial charge in [0.1, 0.15) is 0 Å². The number of fused-ring (bicyclic) bond motifs is 13. The number of rotatable bonds is 6. The Balaban J connectivity index is 1.19. The van der Waals surface area contributed by atoms with E-state index in [4.69, 9.17) is 0 Å². The number of nitrogens with zero attached hydrogens (tertiary/aromatic N) is 2. The van der Waals surface area contributed by atoms with Gasteiger partial charge in [-0.2, -0.15) is 0 Å². The summed E-state index contributed by atoms with van der Waals surface area (Å²) in [5.74, 6) is 0. The number of benzene rings is 10. The van der Waals surface area contributed by atoms with Crippen molar-refractivity contribution in [3.63, 3.8) is 0 Å². The van der Waals surface area contributed by atoms with Gasteiger partial charge in [-0.05, 0) is 177 Å². The van der Waals surface area contributed by atoms with Crippen LogP contribution in [0.4, 0.5) is 34.1 Å². The van der Waals surface area contributed by atoms with E-state index in [1.807, 2.05) is 0 Å². The lowest BCUT2D eigenvalue weighted by Crippen LogP contribution is -2.26. The molecule has 0 N–H and O–H groups in total. The summed E-state index contributed by atoms with van der Waals surface area (Å²) in [6.07, 6.45) is 0. The summed E-state index contributed by atoms with van der Waals surface area (Å²) in [5.41, 5.74) is 21.9. The zero-order chi connectivity index (χ0) is 42.4. The monoisotopic (exact) mass is 806 g/mol. The molecule has 2 aliphatic carbocycles. The predicted octanol–water partition coefficient (Wildman–Crippen LogP) is 16.5. The minimum atomic E-state index is -0.558. The molecule has 300 valence electrons. The van der Waals surface area contributed by atoms with E-state index in [0.29, 0.717) is 0 Å². The van der Waals surface area contributed by atoms with Gasteiger partial charge in [0.05, 0.1) is 11.1 Å². The van der Waals surface area contributed by atoms with Crippen LogP contribution in [0.2, 0.25) is 0 Å². The fraction of sp³-hybridized carbons (Fsp3) is 0.0820.